The monoisotopic (exact) mass is 271 g/mol. The molecule has 1 aromatic heterocycles. The van der Waals surface area contributed by atoms with E-state index >= 15 is 0 Å². The van der Waals surface area contributed by atoms with Crippen molar-refractivity contribution in [2.75, 3.05) is 19.6 Å². The van der Waals surface area contributed by atoms with Crippen LogP contribution in [0.1, 0.15) is 37.4 Å². The van der Waals surface area contributed by atoms with Crippen molar-refractivity contribution in [3.8, 4) is 0 Å². The second-order valence-electron chi connectivity index (χ2n) is 6.25. The highest BCUT2D eigenvalue weighted by atomic mass is 14.9. The van der Waals surface area contributed by atoms with E-state index in [0.717, 1.165) is 19.0 Å². The Morgan fingerprint density at radius 2 is 2.25 bits per heavy atom. The third-order valence-electron chi connectivity index (χ3n) is 4.31. The molecule has 0 radical (unpaired) electrons. The molecule has 3 N–H and O–H groups in total. The Labute approximate surface area is 121 Å². The van der Waals surface area contributed by atoms with Crippen LogP contribution in [0.3, 0.4) is 0 Å². The zero-order chi connectivity index (χ0) is 13.9. The Morgan fingerprint density at radius 1 is 1.35 bits per heavy atom. The predicted octanol–water partition coefficient (Wildman–Crippen LogP) is 2.99. The number of H-pyrrole nitrogens is 1. The predicted molar refractivity (Wildman–Crippen MR) is 85.1 cm³/mol. The summed E-state index contributed by atoms with van der Waals surface area (Å²) in [4.78, 5) is 3.53. The molecule has 0 amide bonds. The van der Waals surface area contributed by atoms with Crippen molar-refractivity contribution in [1.29, 1.82) is 0 Å². The van der Waals surface area contributed by atoms with E-state index in [1.54, 1.807) is 0 Å². The van der Waals surface area contributed by atoms with E-state index in [1.165, 1.54) is 41.7 Å². The molecule has 1 aliphatic heterocycles. The van der Waals surface area contributed by atoms with Crippen LogP contribution in [0, 0.1) is 5.92 Å². The minimum Gasteiger partial charge on any atom is -0.358 e. The van der Waals surface area contributed by atoms with Crippen LogP contribution in [0.25, 0.3) is 10.9 Å². The molecule has 1 atom stereocenters. The fourth-order valence-electron chi connectivity index (χ4n) is 3.00. The van der Waals surface area contributed by atoms with Crippen LogP contribution in [-0.2, 0) is 6.54 Å². The highest BCUT2D eigenvalue weighted by molar-refractivity contribution is 5.84. The van der Waals surface area contributed by atoms with Gasteiger partial charge in [-0.05, 0) is 55.6 Å². The lowest BCUT2D eigenvalue weighted by molar-refractivity contribution is 0.513. The van der Waals surface area contributed by atoms with Crippen LogP contribution in [0.2, 0.25) is 0 Å². The number of fused-ring (bicyclic) bond motifs is 1. The standard InChI is InChI=1S/C17H25N3/c1-12(2)17-8-15-14(4-3-5-16(15)20-17)11-19-10-13-6-7-18-9-13/h3-5,8,12-13,18-20H,6-7,9-11H2,1-2H3. The molecule has 1 aliphatic rings. The van der Waals surface area contributed by atoms with Gasteiger partial charge in [0.25, 0.3) is 0 Å². The number of hydrogen-bond acceptors (Lipinski definition) is 2. The van der Waals surface area contributed by atoms with Crippen LogP contribution in [0.15, 0.2) is 24.3 Å². The first-order valence-corrected chi connectivity index (χ1v) is 7.76. The first kappa shape index (κ1) is 13.7. The van der Waals surface area contributed by atoms with Crippen LogP contribution in [0.5, 0.6) is 0 Å². The third-order valence-corrected chi connectivity index (χ3v) is 4.31. The molecule has 0 aliphatic carbocycles. The summed E-state index contributed by atoms with van der Waals surface area (Å²) >= 11 is 0. The molecular weight excluding hydrogens is 246 g/mol. The lowest BCUT2D eigenvalue weighted by Gasteiger charge is -2.10. The lowest BCUT2D eigenvalue weighted by atomic mass is 10.1. The average Bonchev–Trinajstić information content (AvgIpc) is 3.07. The van der Waals surface area contributed by atoms with Gasteiger partial charge in [0.1, 0.15) is 0 Å². The lowest BCUT2D eigenvalue weighted by Crippen LogP contribution is -2.24. The summed E-state index contributed by atoms with van der Waals surface area (Å²) in [5.74, 6) is 1.35. The number of aromatic nitrogens is 1. The summed E-state index contributed by atoms with van der Waals surface area (Å²) < 4.78 is 0. The van der Waals surface area contributed by atoms with Crippen molar-refractivity contribution in [2.24, 2.45) is 5.92 Å². The van der Waals surface area contributed by atoms with Gasteiger partial charge in [0.2, 0.25) is 0 Å². The maximum atomic E-state index is 3.62. The summed E-state index contributed by atoms with van der Waals surface area (Å²) in [6.07, 6.45) is 1.30. The molecule has 1 saturated heterocycles. The fourth-order valence-corrected chi connectivity index (χ4v) is 3.00. The first-order chi connectivity index (χ1) is 9.74. The summed E-state index contributed by atoms with van der Waals surface area (Å²) in [6.45, 7) is 8.88. The van der Waals surface area contributed by atoms with Gasteiger partial charge in [0, 0.05) is 23.1 Å². The highest BCUT2D eigenvalue weighted by Crippen LogP contribution is 2.24. The first-order valence-electron chi connectivity index (χ1n) is 7.76. The molecule has 108 valence electrons. The quantitative estimate of drug-likeness (QED) is 0.782. The molecular formula is C17H25N3. The third kappa shape index (κ3) is 2.89. The van der Waals surface area contributed by atoms with E-state index in [-0.39, 0.29) is 0 Å². The van der Waals surface area contributed by atoms with Gasteiger partial charge in [-0.2, -0.15) is 0 Å². The SMILES string of the molecule is CC(C)c1cc2c(CNCC3CCNC3)cccc2[nH]1. The Bertz CT molecular complexity index is 565. The topological polar surface area (TPSA) is 39.8 Å². The summed E-state index contributed by atoms with van der Waals surface area (Å²) in [5.41, 5.74) is 3.99. The highest BCUT2D eigenvalue weighted by Gasteiger charge is 2.14. The van der Waals surface area contributed by atoms with Gasteiger partial charge in [0.05, 0.1) is 0 Å². The van der Waals surface area contributed by atoms with E-state index in [2.05, 4.69) is 53.7 Å². The van der Waals surface area contributed by atoms with Crippen LogP contribution in [-0.4, -0.2) is 24.6 Å². The molecule has 0 spiro atoms. The number of hydrogen-bond donors (Lipinski definition) is 3. The van der Waals surface area contributed by atoms with Crippen LogP contribution >= 0.6 is 0 Å². The Kier molecular flexibility index (Phi) is 4.08. The van der Waals surface area contributed by atoms with E-state index in [1.807, 2.05) is 0 Å². The van der Waals surface area contributed by atoms with Crippen molar-refractivity contribution in [3.05, 3.63) is 35.5 Å². The second kappa shape index (κ2) is 5.98. The van der Waals surface area contributed by atoms with Gasteiger partial charge in [0.15, 0.2) is 0 Å². The van der Waals surface area contributed by atoms with Gasteiger partial charge in [-0.15, -0.1) is 0 Å². The summed E-state index contributed by atoms with van der Waals surface area (Å²) in [6, 6.07) is 8.87. The molecule has 20 heavy (non-hydrogen) atoms. The Balaban J connectivity index is 1.70. The maximum absolute atomic E-state index is 3.62. The van der Waals surface area contributed by atoms with Crippen molar-refractivity contribution < 1.29 is 0 Å². The van der Waals surface area contributed by atoms with E-state index in [4.69, 9.17) is 0 Å². The molecule has 1 aromatic carbocycles. The molecule has 3 rings (SSSR count). The van der Waals surface area contributed by atoms with Gasteiger partial charge in [-0.1, -0.05) is 26.0 Å². The molecule has 0 bridgehead atoms. The number of aromatic amines is 1. The van der Waals surface area contributed by atoms with Crippen molar-refractivity contribution in [3.63, 3.8) is 0 Å². The zero-order valence-corrected chi connectivity index (χ0v) is 12.5. The van der Waals surface area contributed by atoms with E-state index < -0.39 is 0 Å². The number of benzene rings is 1. The number of nitrogens with one attached hydrogen (secondary N) is 3. The molecule has 2 aromatic rings. The average molecular weight is 271 g/mol. The number of rotatable bonds is 5. The largest absolute Gasteiger partial charge is 0.358 e. The minimum absolute atomic E-state index is 0.549. The Morgan fingerprint density at radius 3 is 3.00 bits per heavy atom. The second-order valence-corrected chi connectivity index (χ2v) is 6.25. The van der Waals surface area contributed by atoms with Crippen molar-refractivity contribution in [2.45, 2.75) is 32.7 Å². The van der Waals surface area contributed by atoms with E-state index in [9.17, 15) is 0 Å². The smallest absolute Gasteiger partial charge is 0.0459 e. The maximum Gasteiger partial charge on any atom is 0.0459 e. The summed E-state index contributed by atoms with van der Waals surface area (Å²) in [7, 11) is 0. The van der Waals surface area contributed by atoms with Gasteiger partial charge in [-0.25, -0.2) is 0 Å². The molecule has 1 fully saturated rings. The van der Waals surface area contributed by atoms with Gasteiger partial charge < -0.3 is 15.6 Å². The fraction of sp³-hybridized carbons (Fsp3) is 0.529. The molecule has 1 unspecified atom stereocenters. The van der Waals surface area contributed by atoms with Crippen molar-refractivity contribution in [1.82, 2.24) is 15.6 Å². The van der Waals surface area contributed by atoms with Crippen molar-refractivity contribution >= 4 is 10.9 Å². The normalized spacial score (nSPS) is 19.2. The molecule has 3 heteroatoms. The summed E-state index contributed by atoms with van der Waals surface area (Å²) in [5, 5.41) is 8.41. The van der Waals surface area contributed by atoms with E-state index in [0.29, 0.717) is 5.92 Å². The molecule has 3 nitrogen and oxygen atoms in total. The minimum atomic E-state index is 0.549. The van der Waals surface area contributed by atoms with Crippen LogP contribution in [0.4, 0.5) is 0 Å². The molecule has 0 saturated carbocycles. The zero-order valence-electron chi connectivity index (χ0n) is 12.5. The van der Waals surface area contributed by atoms with Gasteiger partial charge in [-0.3, -0.25) is 0 Å². The van der Waals surface area contributed by atoms with Gasteiger partial charge >= 0.3 is 0 Å². The van der Waals surface area contributed by atoms with Crippen LogP contribution < -0.4 is 10.6 Å². The molecule has 2 heterocycles. The Hall–Kier alpha value is -1.32.